The van der Waals surface area contributed by atoms with E-state index in [-0.39, 0.29) is 5.78 Å². The van der Waals surface area contributed by atoms with Gasteiger partial charge in [0.2, 0.25) is 0 Å². The van der Waals surface area contributed by atoms with Gasteiger partial charge < -0.3 is 4.42 Å². The zero-order valence-corrected chi connectivity index (χ0v) is 7.90. The number of hydrogen-bond acceptors (Lipinski definition) is 3. The van der Waals surface area contributed by atoms with Gasteiger partial charge >= 0.3 is 5.76 Å². The van der Waals surface area contributed by atoms with Gasteiger partial charge in [-0.25, -0.2) is 4.79 Å². The number of Topliss-reactive ketones (excluding diaryl/α,β-unsaturated/α-hetero) is 1. The molecule has 0 unspecified atom stereocenters. The van der Waals surface area contributed by atoms with Gasteiger partial charge in [-0.05, 0) is 25.1 Å². The first-order valence-electron chi connectivity index (χ1n) is 4.20. The smallest absolute Gasteiger partial charge is 0.408 e. The maximum absolute atomic E-state index is 11.1. The number of carbonyl (C=O) groups excluding carboxylic acids is 1. The molecule has 0 fully saturated rings. The summed E-state index contributed by atoms with van der Waals surface area (Å²) in [6, 6.07) is 4.97. The largest absolute Gasteiger partial charge is 0.419 e. The molecular weight excluding hydrogens is 182 g/mol. The second-order valence-corrected chi connectivity index (χ2v) is 3.17. The third-order valence-electron chi connectivity index (χ3n) is 2.20. The maximum atomic E-state index is 11.1. The number of aryl methyl sites for hydroxylation is 1. The van der Waals surface area contributed by atoms with Crippen LogP contribution >= 0.6 is 0 Å². The lowest BCUT2D eigenvalue weighted by atomic mass is 10.1. The monoisotopic (exact) mass is 191 g/mol. The van der Waals surface area contributed by atoms with E-state index < -0.39 is 5.76 Å². The Morgan fingerprint density at radius 2 is 2.14 bits per heavy atom. The fraction of sp³-hybridized carbons (Fsp3) is 0.200. The van der Waals surface area contributed by atoms with Crippen LogP contribution in [0.5, 0.6) is 0 Å². The van der Waals surface area contributed by atoms with Gasteiger partial charge in [-0.3, -0.25) is 9.36 Å². The number of carbonyl (C=O) groups is 1. The Labute approximate surface area is 79.8 Å². The van der Waals surface area contributed by atoms with E-state index in [9.17, 15) is 9.59 Å². The summed E-state index contributed by atoms with van der Waals surface area (Å²) in [4.78, 5) is 22.2. The lowest BCUT2D eigenvalue weighted by Crippen LogP contribution is -2.08. The third-order valence-corrected chi connectivity index (χ3v) is 2.20. The molecule has 0 aliphatic rings. The van der Waals surface area contributed by atoms with Crippen LogP contribution < -0.4 is 5.76 Å². The molecule has 2 aromatic rings. The molecule has 4 heteroatoms. The molecule has 0 atom stereocenters. The fourth-order valence-corrected chi connectivity index (χ4v) is 1.35. The second kappa shape index (κ2) is 2.83. The average molecular weight is 191 g/mol. The van der Waals surface area contributed by atoms with Gasteiger partial charge in [0.05, 0.1) is 5.52 Å². The summed E-state index contributed by atoms with van der Waals surface area (Å²) in [5.74, 6) is -0.459. The van der Waals surface area contributed by atoms with Crippen LogP contribution in [-0.4, -0.2) is 10.4 Å². The highest BCUT2D eigenvalue weighted by Crippen LogP contribution is 2.14. The zero-order valence-electron chi connectivity index (χ0n) is 7.90. The zero-order chi connectivity index (χ0) is 10.3. The highest BCUT2D eigenvalue weighted by atomic mass is 16.4. The molecule has 0 amide bonds. The Balaban J connectivity index is 2.80. The van der Waals surface area contributed by atoms with Crippen LogP contribution in [-0.2, 0) is 7.05 Å². The molecule has 14 heavy (non-hydrogen) atoms. The maximum Gasteiger partial charge on any atom is 0.419 e. The molecule has 0 spiro atoms. The van der Waals surface area contributed by atoms with Gasteiger partial charge in [-0.15, -0.1) is 0 Å². The fourth-order valence-electron chi connectivity index (χ4n) is 1.35. The van der Waals surface area contributed by atoms with Crippen molar-refractivity contribution >= 4 is 16.9 Å². The summed E-state index contributed by atoms with van der Waals surface area (Å²) in [5, 5.41) is 0. The van der Waals surface area contributed by atoms with Crippen LogP contribution in [0.25, 0.3) is 11.1 Å². The summed E-state index contributed by atoms with van der Waals surface area (Å²) in [7, 11) is 1.63. The van der Waals surface area contributed by atoms with Gasteiger partial charge in [-0.2, -0.15) is 0 Å². The van der Waals surface area contributed by atoms with E-state index in [1.165, 1.54) is 11.5 Å². The third kappa shape index (κ3) is 1.16. The molecule has 0 bridgehead atoms. The van der Waals surface area contributed by atoms with Gasteiger partial charge in [0.25, 0.3) is 0 Å². The number of fused-ring (bicyclic) bond motifs is 1. The van der Waals surface area contributed by atoms with Crippen LogP contribution in [0, 0.1) is 0 Å². The van der Waals surface area contributed by atoms with Crippen molar-refractivity contribution in [1.82, 2.24) is 4.57 Å². The molecule has 1 aromatic carbocycles. The summed E-state index contributed by atoms with van der Waals surface area (Å²) < 4.78 is 6.35. The Bertz CT molecular complexity index is 562. The summed E-state index contributed by atoms with van der Waals surface area (Å²) in [6.45, 7) is 1.47. The van der Waals surface area contributed by atoms with Crippen LogP contribution in [0.15, 0.2) is 27.4 Å². The first-order valence-corrected chi connectivity index (χ1v) is 4.20. The van der Waals surface area contributed by atoms with Crippen LogP contribution in [0.3, 0.4) is 0 Å². The van der Waals surface area contributed by atoms with E-state index in [0.717, 1.165) is 0 Å². The summed E-state index contributed by atoms with van der Waals surface area (Å²) in [6.07, 6.45) is 0. The number of rotatable bonds is 1. The Morgan fingerprint density at radius 3 is 2.79 bits per heavy atom. The number of hydrogen-bond donors (Lipinski definition) is 0. The Morgan fingerprint density at radius 1 is 1.43 bits per heavy atom. The number of aromatic nitrogens is 1. The predicted molar refractivity (Wildman–Crippen MR) is 51.5 cm³/mol. The van der Waals surface area contributed by atoms with Crippen molar-refractivity contribution in [1.29, 1.82) is 0 Å². The van der Waals surface area contributed by atoms with E-state index in [4.69, 9.17) is 4.42 Å². The predicted octanol–water partition coefficient (Wildman–Crippen LogP) is 1.33. The number of benzene rings is 1. The molecule has 0 radical (unpaired) electrons. The van der Waals surface area contributed by atoms with Crippen molar-refractivity contribution in [3.05, 3.63) is 34.3 Å². The molecule has 0 aliphatic carbocycles. The molecule has 1 heterocycles. The summed E-state index contributed by atoms with van der Waals surface area (Å²) >= 11 is 0. The van der Waals surface area contributed by atoms with Crippen molar-refractivity contribution in [2.24, 2.45) is 7.05 Å². The minimum atomic E-state index is -0.416. The molecule has 1 aromatic heterocycles. The first kappa shape index (κ1) is 8.74. The van der Waals surface area contributed by atoms with Crippen LogP contribution in [0.2, 0.25) is 0 Å². The molecule has 0 aliphatic heterocycles. The van der Waals surface area contributed by atoms with Crippen LogP contribution in [0.4, 0.5) is 0 Å². The van der Waals surface area contributed by atoms with Crippen molar-refractivity contribution < 1.29 is 9.21 Å². The van der Waals surface area contributed by atoms with Gasteiger partial charge in [0.15, 0.2) is 11.4 Å². The molecule has 2 rings (SSSR count). The Hall–Kier alpha value is -1.84. The standard InChI is InChI=1S/C10H9NO3/c1-6(12)7-3-4-8-9(5-7)14-10(13)11(8)2/h3-5H,1-2H3. The molecular formula is C10H9NO3. The van der Waals surface area contributed by atoms with E-state index in [1.54, 1.807) is 25.2 Å². The highest BCUT2D eigenvalue weighted by Gasteiger charge is 2.07. The molecule has 72 valence electrons. The average Bonchev–Trinajstić information content (AvgIpc) is 2.42. The quantitative estimate of drug-likeness (QED) is 0.639. The normalized spacial score (nSPS) is 10.7. The number of ketones is 1. The molecule has 0 saturated heterocycles. The van der Waals surface area contributed by atoms with E-state index in [1.807, 2.05) is 0 Å². The number of oxazole rings is 1. The second-order valence-electron chi connectivity index (χ2n) is 3.17. The lowest BCUT2D eigenvalue weighted by Gasteiger charge is -1.94. The van der Waals surface area contributed by atoms with Crippen LogP contribution in [0.1, 0.15) is 17.3 Å². The van der Waals surface area contributed by atoms with E-state index in [0.29, 0.717) is 16.7 Å². The highest BCUT2D eigenvalue weighted by molar-refractivity contribution is 5.96. The minimum Gasteiger partial charge on any atom is -0.408 e. The minimum absolute atomic E-state index is 0.0431. The van der Waals surface area contributed by atoms with Crippen molar-refractivity contribution in [3.63, 3.8) is 0 Å². The molecule has 0 saturated carbocycles. The number of nitrogens with zero attached hydrogens (tertiary/aromatic N) is 1. The lowest BCUT2D eigenvalue weighted by molar-refractivity contribution is 0.101. The van der Waals surface area contributed by atoms with E-state index >= 15 is 0 Å². The summed E-state index contributed by atoms with van der Waals surface area (Å²) in [5.41, 5.74) is 1.69. The molecule has 0 N–H and O–H groups in total. The van der Waals surface area contributed by atoms with Crippen molar-refractivity contribution in [3.8, 4) is 0 Å². The van der Waals surface area contributed by atoms with Gasteiger partial charge in [0.1, 0.15) is 0 Å². The van der Waals surface area contributed by atoms with Gasteiger partial charge in [0, 0.05) is 12.6 Å². The van der Waals surface area contributed by atoms with Crippen molar-refractivity contribution in [2.75, 3.05) is 0 Å². The van der Waals surface area contributed by atoms with Crippen molar-refractivity contribution in [2.45, 2.75) is 6.92 Å². The molecule has 4 nitrogen and oxygen atoms in total. The van der Waals surface area contributed by atoms with Gasteiger partial charge in [-0.1, -0.05) is 0 Å². The SMILES string of the molecule is CC(=O)c1ccc2c(c1)oc(=O)n2C. The topological polar surface area (TPSA) is 52.2 Å². The first-order chi connectivity index (χ1) is 6.59. The van der Waals surface area contributed by atoms with E-state index in [2.05, 4.69) is 0 Å². The Kier molecular flexibility index (Phi) is 1.77.